The summed E-state index contributed by atoms with van der Waals surface area (Å²) >= 11 is 0. The van der Waals surface area contributed by atoms with Crippen molar-refractivity contribution in [2.75, 3.05) is 13.2 Å². The SMILES string of the molecule is CC(C)(C)OC(=O)N[C@@H](COCC(F)F)C(=O)O. The number of carbonyl (C=O) groups excluding carboxylic acids is 1. The molecule has 18 heavy (non-hydrogen) atoms. The third kappa shape index (κ3) is 8.68. The smallest absolute Gasteiger partial charge is 0.408 e. The number of halogens is 2. The molecule has 0 aliphatic rings. The van der Waals surface area contributed by atoms with Crippen molar-refractivity contribution in [3.05, 3.63) is 0 Å². The summed E-state index contributed by atoms with van der Waals surface area (Å²) in [6, 6.07) is -1.43. The molecule has 0 spiro atoms. The molecule has 106 valence electrons. The maximum absolute atomic E-state index is 11.8. The van der Waals surface area contributed by atoms with Crippen LogP contribution in [0.5, 0.6) is 0 Å². The van der Waals surface area contributed by atoms with Crippen molar-refractivity contribution < 1.29 is 33.0 Å². The van der Waals surface area contributed by atoms with E-state index in [1.165, 1.54) is 0 Å². The highest BCUT2D eigenvalue weighted by Gasteiger charge is 2.24. The van der Waals surface area contributed by atoms with Crippen LogP contribution in [0, 0.1) is 0 Å². The quantitative estimate of drug-likeness (QED) is 0.758. The maximum Gasteiger partial charge on any atom is 0.408 e. The summed E-state index contributed by atoms with van der Waals surface area (Å²) in [5.74, 6) is -1.39. The molecule has 0 aliphatic carbocycles. The Labute approximate surface area is 103 Å². The molecule has 1 atom stereocenters. The van der Waals surface area contributed by atoms with E-state index in [1.807, 2.05) is 5.32 Å². The standard InChI is InChI=1S/C10H17F2NO5/c1-10(2,3)18-9(16)13-6(8(14)15)4-17-5-7(11)12/h6-7H,4-5H2,1-3H3,(H,13,16)(H,14,15)/t6-/m0/s1. The molecule has 0 saturated carbocycles. The van der Waals surface area contributed by atoms with Crippen LogP contribution >= 0.6 is 0 Å². The third-order valence-corrected chi connectivity index (χ3v) is 1.52. The van der Waals surface area contributed by atoms with Gasteiger partial charge in [0, 0.05) is 0 Å². The third-order valence-electron chi connectivity index (χ3n) is 1.52. The normalized spacial score (nSPS) is 13.2. The van der Waals surface area contributed by atoms with E-state index in [-0.39, 0.29) is 0 Å². The molecule has 0 aromatic rings. The summed E-state index contributed by atoms with van der Waals surface area (Å²) in [4.78, 5) is 22.0. The van der Waals surface area contributed by atoms with Gasteiger partial charge in [-0.15, -0.1) is 0 Å². The van der Waals surface area contributed by atoms with Crippen molar-refractivity contribution in [1.82, 2.24) is 5.32 Å². The summed E-state index contributed by atoms with van der Waals surface area (Å²) in [6.45, 7) is 3.37. The number of alkyl halides is 2. The Balaban J connectivity index is 4.19. The number of aliphatic carboxylic acids is 1. The summed E-state index contributed by atoms with van der Waals surface area (Å²) in [6.07, 6.45) is -3.64. The zero-order valence-electron chi connectivity index (χ0n) is 10.4. The van der Waals surface area contributed by atoms with Gasteiger partial charge in [0.2, 0.25) is 0 Å². The van der Waals surface area contributed by atoms with Crippen LogP contribution in [0.2, 0.25) is 0 Å². The average molecular weight is 269 g/mol. The van der Waals surface area contributed by atoms with Gasteiger partial charge in [-0.05, 0) is 20.8 Å². The fraction of sp³-hybridized carbons (Fsp3) is 0.800. The lowest BCUT2D eigenvalue weighted by Crippen LogP contribution is -2.46. The minimum absolute atomic E-state index is 0.557. The fourth-order valence-corrected chi connectivity index (χ4v) is 0.899. The minimum atomic E-state index is -2.69. The molecule has 0 aromatic heterocycles. The van der Waals surface area contributed by atoms with Crippen LogP contribution in [0.1, 0.15) is 20.8 Å². The number of carbonyl (C=O) groups is 2. The minimum Gasteiger partial charge on any atom is -0.480 e. The van der Waals surface area contributed by atoms with Crippen LogP contribution in [0.4, 0.5) is 13.6 Å². The molecule has 0 radical (unpaired) electrons. The Hall–Kier alpha value is -1.44. The summed E-state index contributed by atoms with van der Waals surface area (Å²) in [7, 11) is 0. The average Bonchev–Trinajstić information content (AvgIpc) is 2.12. The number of carboxylic acid groups (broad SMARTS) is 1. The lowest BCUT2D eigenvalue weighted by atomic mass is 10.2. The van der Waals surface area contributed by atoms with Crippen molar-refractivity contribution in [2.24, 2.45) is 0 Å². The van der Waals surface area contributed by atoms with E-state index in [1.54, 1.807) is 20.8 Å². The number of rotatable bonds is 6. The predicted octanol–water partition coefficient (Wildman–Crippen LogP) is 1.25. The summed E-state index contributed by atoms with van der Waals surface area (Å²) in [5.41, 5.74) is -0.781. The van der Waals surface area contributed by atoms with Crippen molar-refractivity contribution in [3.63, 3.8) is 0 Å². The Morgan fingerprint density at radius 1 is 1.28 bits per heavy atom. The van der Waals surface area contributed by atoms with Crippen molar-refractivity contribution in [2.45, 2.75) is 38.8 Å². The highest BCUT2D eigenvalue weighted by atomic mass is 19.3. The molecule has 0 fully saturated rings. The molecule has 0 heterocycles. The first-order valence-corrected chi connectivity index (χ1v) is 5.20. The van der Waals surface area contributed by atoms with E-state index in [0.717, 1.165) is 0 Å². The number of alkyl carbamates (subject to hydrolysis) is 1. The summed E-state index contributed by atoms with van der Waals surface area (Å²) in [5, 5.41) is 10.8. The van der Waals surface area contributed by atoms with E-state index in [0.29, 0.717) is 0 Å². The van der Waals surface area contributed by atoms with Gasteiger partial charge in [-0.3, -0.25) is 0 Å². The van der Waals surface area contributed by atoms with Gasteiger partial charge < -0.3 is 19.9 Å². The van der Waals surface area contributed by atoms with Crippen molar-refractivity contribution in [1.29, 1.82) is 0 Å². The van der Waals surface area contributed by atoms with Crippen LogP contribution in [0.15, 0.2) is 0 Å². The van der Waals surface area contributed by atoms with Gasteiger partial charge in [-0.2, -0.15) is 0 Å². The second-order valence-electron chi connectivity index (χ2n) is 4.47. The summed E-state index contributed by atoms with van der Waals surface area (Å²) < 4.78 is 32.9. The van der Waals surface area contributed by atoms with E-state index < -0.39 is 43.3 Å². The topological polar surface area (TPSA) is 84.9 Å². The molecule has 8 heteroatoms. The van der Waals surface area contributed by atoms with Gasteiger partial charge in [0.25, 0.3) is 6.43 Å². The number of ether oxygens (including phenoxy) is 2. The number of hydrogen-bond donors (Lipinski definition) is 2. The second kappa shape index (κ2) is 7.10. The lowest BCUT2D eigenvalue weighted by Gasteiger charge is -2.21. The van der Waals surface area contributed by atoms with Gasteiger partial charge in [-0.25, -0.2) is 18.4 Å². The maximum atomic E-state index is 11.8. The number of hydrogen-bond acceptors (Lipinski definition) is 4. The fourth-order valence-electron chi connectivity index (χ4n) is 0.899. The second-order valence-corrected chi connectivity index (χ2v) is 4.47. The zero-order chi connectivity index (χ0) is 14.3. The molecule has 0 bridgehead atoms. The zero-order valence-corrected chi connectivity index (χ0v) is 10.4. The molecular formula is C10H17F2NO5. The Kier molecular flexibility index (Phi) is 6.53. The van der Waals surface area contributed by atoms with E-state index in [2.05, 4.69) is 4.74 Å². The number of nitrogens with one attached hydrogen (secondary N) is 1. The Morgan fingerprint density at radius 3 is 2.22 bits per heavy atom. The number of amides is 1. The monoisotopic (exact) mass is 269 g/mol. The van der Waals surface area contributed by atoms with Gasteiger partial charge in [0.05, 0.1) is 6.61 Å². The van der Waals surface area contributed by atoms with Gasteiger partial charge in [-0.1, -0.05) is 0 Å². The Bertz CT molecular complexity index is 290. The molecule has 0 rings (SSSR count). The van der Waals surface area contributed by atoms with Crippen LogP contribution in [0.25, 0.3) is 0 Å². The molecule has 6 nitrogen and oxygen atoms in total. The van der Waals surface area contributed by atoms with Crippen LogP contribution in [-0.4, -0.2) is 48.5 Å². The number of carboxylic acids is 1. The molecule has 0 aliphatic heterocycles. The lowest BCUT2D eigenvalue weighted by molar-refractivity contribution is -0.141. The van der Waals surface area contributed by atoms with Gasteiger partial charge in [0.15, 0.2) is 6.04 Å². The van der Waals surface area contributed by atoms with Crippen LogP contribution in [-0.2, 0) is 14.3 Å². The molecule has 0 saturated heterocycles. The molecule has 0 aromatic carbocycles. The highest BCUT2D eigenvalue weighted by Crippen LogP contribution is 2.07. The van der Waals surface area contributed by atoms with Crippen LogP contribution in [0.3, 0.4) is 0 Å². The highest BCUT2D eigenvalue weighted by molar-refractivity contribution is 5.80. The molecule has 2 N–H and O–H groups in total. The first-order valence-electron chi connectivity index (χ1n) is 5.20. The first kappa shape index (κ1) is 16.6. The Morgan fingerprint density at radius 2 is 1.83 bits per heavy atom. The van der Waals surface area contributed by atoms with Gasteiger partial charge in [0.1, 0.15) is 12.2 Å². The largest absolute Gasteiger partial charge is 0.480 e. The van der Waals surface area contributed by atoms with E-state index in [9.17, 15) is 18.4 Å². The van der Waals surface area contributed by atoms with Gasteiger partial charge >= 0.3 is 12.1 Å². The predicted molar refractivity (Wildman–Crippen MR) is 57.6 cm³/mol. The van der Waals surface area contributed by atoms with Crippen LogP contribution < -0.4 is 5.32 Å². The molecular weight excluding hydrogens is 252 g/mol. The van der Waals surface area contributed by atoms with E-state index >= 15 is 0 Å². The molecule has 1 amide bonds. The van der Waals surface area contributed by atoms with Crippen molar-refractivity contribution >= 4 is 12.1 Å². The van der Waals surface area contributed by atoms with E-state index in [4.69, 9.17) is 9.84 Å². The first-order chi connectivity index (χ1) is 8.11. The molecule has 0 unspecified atom stereocenters. The van der Waals surface area contributed by atoms with Crippen molar-refractivity contribution in [3.8, 4) is 0 Å².